The number of benzene rings is 2. The average molecular weight is 438 g/mol. The molecule has 0 saturated heterocycles. The molecular formula is C26H35N3O3. The van der Waals surface area contributed by atoms with Crippen LogP contribution < -0.4 is 15.0 Å². The highest BCUT2D eigenvalue weighted by atomic mass is 16.5. The van der Waals surface area contributed by atoms with Crippen LogP contribution in [0.25, 0.3) is 0 Å². The lowest BCUT2D eigenvalue weighted by Crippen LogP contribution is -2.33. The van der Waals surface area contributed by atoms with Crippen LogP contribution in [-0.2, 0) is 11.3 Å². The number of hydrogen-bond donors (Lipinski definition) is 1. The fraction of sp³-hybridized carbons (Fsp3) is 0.462. The molecule has 1 fully saturated rings. The zero-order valence-corrected chi connectivity index (χ0v) is 19.9. The summed E-state index contributed by atoms with van der Waals surface area (Å²) in [6.45, 7) is 5.28. The molecule has 0 spiro atoms. The quantitative estimate of drug-likeness (QED) is 0.580. The molecule has 1 saturated carbocycles. The Morgan fingerprint density at radius 3 is 2.34 bits per heavy atom. The van der Waals surface area contributed by atoms with Crippen LogP contribution in [0.3, 0.4) is 0 Å². The first-order valence-electron chi connectivity index (χ1n) is 11.3. The summed E-state index contributed by atoms with van der Waals surface area (Å²) < 4.78 is 5.23. The van der Waals surface area contributed by atoms with Gasteiger partial charge in [0, 0.05) is 50.5 Å². The SMILES string of the molecule is COc1ccc(C(=O)N(Cc2cc(NC(=O)CC(C)C)ccc2N(C)C)CC2CC2)cc1. The third kappa shape index (κ3) is 6.49. The van der Waals surface area contributed by atoms with E-state index in [4.69, 9.17) is 4.74 Å². The van der Waals surface area contributed by atoms with E-state index in [1.807, 2.05) is 80.2 Å². The maximum atomic E-state index is 13.4. The average Bonchev–Trinajstić information content (AvgIpc) is 3.56. The van der Waals surface area contributed by atoms with Crippen LogP contribution in [0.1, 0.15) is 49.0 Å². The Labute approximate surface area is 191 Å². The van der Waals surface area contributed by atoms with Crippen LogP contribution in [0.4, 0.5) is 11.4 Å². The second-order valence-corrected chi connectivity index (χ2v) is 9.24. The molecule has 2 aromatic carbocycles. The van der Waals surface area contributed by atoms with Crippen molar-refractivity contribution in [1.29, 1.82) is 0 Å². The van der Waals surface area contributed by atoms with Gasteiger partial charge in [0.05, 0.1) is 7.11 Å². The maximum absolute atomic E-state index is 13.4. The van der Waals surface area contributed by atoms with E-state index >= 15 is 0 Å². The zero-order valence-electron chi connectivity index (χ0n) is 19.9. The van der Waals surface area contributed by atoms with Crippen molar-refractivity contribution in [3.05, 3.63) is 53.6 Å². The van der Waals surface area contributed by atoms with Gasteiger partial charge in [-0.3, -0.25) is 9.59 Å². The van der Waals surface area contributed by atoms with Gasteiger partial charge in [-0.05, 0) is 72.7 Å². The summed E-state index contributed by atoms with van der Waals surface area (Å²) in [5, 5.41) is 3.00. The number of nitrogens with one attached hydrogen (secondary N) is 1. The topological polar surface area (TPSA) is 61.9 Å². The molecule has 0 unspecified atom stereocenters. The molecule has 0 aromatic heterocycles. The maximum Gasteiger partial charge on any atom is 0.254 e. The normalized spacial score (nSPS) is 13.1. The van der Waals surface area contributed by atoms with Crippen LogP contribution in [-0.4, -0.2) is 44.5 Å². The molecular weight excluding hydrogens is 402 g/mol. The number of carbonyl (C=O) groups is 2. The third-order valence-corrected chi connectivity index (χ3v) is 5.60. The molecule has 1 N–H and O–H groups in total. The molecule has 6 nitrogen and oxygen atoms in total. The molecule has 0 radical (unpaired) electrons. The van der Waals surface area contributed by atoms with Crippen molar-refractivity contribution in [3.63, 3.8) is 0 Å². The van der Waals surface area contributed by atoms with Crippen LogP contribution in [0, 0.1) is 11.8 Å². The fourth-order valence-electron chi connectivity index (χ4n) is 3.76. The van der Waals surface area contributed by atoms with Gasteiger partial charge in [-0.15, -0.1) is 0 Å². The predicted molar refractivity (Wildman–Crippen MR) is 129 cm³/mol. The van der Waals surface area contributed by atoms with E-state index in [0.717, 1.165) is 42.1 Å². The Balaban J connectivity index is 1.85. The monoisotopic (exact) mass is 437 g/mol. The highest BCUT2D eigenvalue weighted by Gasteiger charge is 2.28. The largest absolute Gasteiger partial charge is 0.497 e. The molecule has 6 heteroatoms. The van der Waals surface area contributed by atoms with E-state index in [1.165, 1.54) is 0 Å². The highest BCUT2D eigenvalue weighted by Crippen LogP contribution is 2.32. The number of methoxy groups -OCH3 is 1. The molecule has 2 aromatic rings. The van der Waals surface area contributed by atoms with Gasteiger partial charge in [-0.25, -0.2) is 0 Å². The lowest BCUT2D eigenvalue weighted by Gasteiger charge is -2.26. The molecule has 172 valence electrons. The van der Waals surface area contributed by atoms with E-state index in [2.05, 4.69) is 5.32 Å². The van der Waals surface area contributed by atoms with E-state index < -0.39 is 0 Å². The van der Waals surface area contributed by atoms with Crippen molar-refractivity contribution in [2.75, 3.05) is 38.0 Å². The summed E-state index contributed by atoms with van der Waals surface area (Å²) in [7, 11) is 5.60. The first-order valence-corrected chi connectivity index (χ1v) is 11.3. The zero-order chi connectivity index (χ0) is 23.3. The van der Waals surface area contributed by atoms with Crippen LogP contribution in [0.15, 0.2) is 42.5 Å². The van der Waals surface area contributed by atoms with E-state index in [0.29, 0.717) is 30.4 Å². The standard InChI is InChI=1S/C26H35N3O3/c1-18(2)14-25(30)27-22-10-13-24(28(3)4)21(15-22)17-29(16-19-6-7-19)26(31)20-8-11-23(32-5)12-9-20/h8-13,15,18-19H,6-7,14,16-17H2,1-5H3,(H,27,30). The summed E-state index contributed by atoms with van der Waals surface area (Å²) in [6, 6.07) is 13.2. The fourth-order valence-corrected chi connectivity index (χ4v) is 3.76. The molecule has 2 amide bonds. The number of hydrogen-bond acceptors (Lipinski definition) is 4. The predicted octanol–water partition coefficient (Wildman–Crippen LogP) is 4.80. The second kappa shape index (κ2) is 10.5. The minimum atomic E-state index is 0.00713. The first-order chi connectivity index (χ1) is 15.3. The Bertz CT molecular complexity index is 934. The van der Waals surface area contributed by atoms with Gasteiger partial charge in [0.1, 0.15) is 5.75 Å². The summed E-state index contributed by atoms with van der Waals surface area (Å²) in [5.74, 6) is 1.61. The number of anilines is 2. The number of nitrogens with zero attached hydrogens (tertiary/aromatic N) is 2. The Kier molecular flexibility index (Phi) is 7.78. The van der Waals surface area contributed by atoms with Crippen molar-refractivity contribution < 1.29 is 14.3 Å². The minimum absolute atomic E-state index is 0.00713. The minimum Gasteiger partial charge on any atom is -0.497 e. The Hall–Kier alpha value is -3.02. The number of amides is 2. The van der Waals surface area contributed by atoms with Gasteiger partial charge in [0.25, 0.3) is 5.91 Å². The smallest absolute Gasteiger partial charge is 0.254 e. The van der Waals surface area contributed by atoms with Crippen LogP contribution in [0.2, 0.25) is 0 Å². The van der Waals surface area contributed by atoms with Gasteiger partial charge in [-0.2, -0.15) is 0 Å². The molecule has 0 heterocycles. The molecule has 1 aliphatic rings. The van der Waals surface area contributed by atoms with Gasteiger partial charge >= 0.3 is 0 Å². The van der Waals surface area contributed by atoms with Crippen molar-refractivity contribution in [2.24, 2.45) is 11.8 Å². The van der Waals surface area contributed by atoms with E-state index in [-0.39, 0.29) is 11.8 Å². The molecule has 0 atom stereocenters. The van der Waals surface area contributed by atoms with Crippen LogP contribution in [0.5, 0.6) is 5.75 Å². The summed E-state index contributed by atoms with van der Waals surface area (Å²) in [6.07, 6.45) is 2.81. The van der Waals surface area contributed by atoms with Crippen molar-refractivity contribution >= 4 is 23.2 Å². The van der Waals surface area contributed by atoms with Gasteiger partial charge in [0.15, 0.2) is 0 Å². The summed E-state index contributed by atoms with van der Waals surface area (Å²) in [5.41, 5.74) is 3.47. The summed E-state index contributed by atoms with van der Waals surface area (Å²) in [4.78, 5) is 29.6. The van der Waals surface area contributed by atoms with Crippen molar-refractivity contribution in [2.45, 2.75) is 39.7 Å². The van der Waals surface area contributed by atoms with Crippen molar-refractivity contribution in [1.82, 2.24) is 4.90 Å². The molecule has 3 rings (SSSR count). The molecule has 0 bridgehead atoms. The van der Waals surface area contributed by atoms with E-state index in [9.17, 15) is 9.59 Å². The van der Waals surface area contributed by atoms with Gasteiger partial charge in [0.2, 0.25) is 5.91 Å². The number of ether oxygens (including phenoxy) is 1. The number of carbonyl (C=O) groups excluding carboxylic acids is 2. The van der Waals surface area contributed by atoms with E-state index in [1.54, 1.807) is 7.11 Å². The molecule has 32 heavy (non-hydrogen) atoms. The molecule has 1 aliphatic carbocycles. The lowest BCUT2D eigenvalue weighted by molar-refractivity contribution is -0.116. The Morgan fingerprint density at radius 1 is 1.09 bits per heavy atom. The third-order valence-electron chi connectivity index (χ3n) is 5.60. The lowest BCUT2D eigenvalue weighted by atomic mass is 10.1. The highest BCUT2D eigenvalue weighted by molar-refractivity contribution is 5.94. The van der Waals surface area contributed by atoms with Gasteiger partial charge < -0.3 is 19.9 Å². The first kappa shape index (κ1) is 23.6. The summed E-state index contributed by atoms with van der Waals surface area (Å²) >= 11 is 0. The van der Waals surface area contributed by atoms with Crippen LogP contribution >= 0.6 is 0 Å². The second-order valence-electron chi connectivity index (χ2n) is 9.24. The van der Waals surface area contributed by atoms with Gasteiger partial charge in [-0.1, -0.05) is 13.8 Å². The molecule has 0 aliphatic heterocycles. The van der Waals surface area contributed by atoms with Crippen molar-refractivity contribution in [3.8, 4) is 5.75 Å². The Morgan fingerprint density at radius 2 is 1.78 bits per heavy atom. The number of rotatable bonds is 10.